The number of hydrogen-bond donors (Lipinski definition) is 2. The lowest BCUT2D eigenvalue weighted by Gasteiger charge is -2.48. The zero-order valence-corrected chi connectivity index (χ0v) is 27.1. The van der Waals surface area contributed by atoms with Crippen LogP contribution < -0.4 is 15.1 Å². The highest BCUT2D eigenvalue weighted by atomic mass is 35.5. The van der Waals surface area contributed by atoms with Gasteiger partial charge in [0.25, 0.3) is 0 Å². The summed E-state index contributed by atoms with van der Waals surface area (Å²) in [5.74, 6) is -5.29. The van der Waals surface area contributed by atoms with E-state index in [0.29, 0.717) is 11.4 Å². The topological polar surface area (TPSA) is 120 Å². The summed E-state index contributed by atoms with van der Waals surface area (Å²) < 4.78 is 20.1. The predicted octanol–water partition coefficient (Wildman–Crippen LogP) is 6.74. The smallest absolute Gasteiger partial charge is 0.241 e. The molecule has 8 rings (SSSR count). The zero-order valence-electron chi connectivity index (χ0n) is 26.3. The van der Waals surface area contributed by atoms with E-state index >= 15 is 0 Å². The Balaban J connectivity index is 1.16. The van der Waals surface area contributed by atoms with Crippen molar-refractivity contribution in [1.29, 1.82) is 0 Å². The van der Waals surface area contributed by atoms with Crippen LogP contribution in [0.2, 0.25) is 5.02 Å². The van der Waals surface area contributed by atoms with Crippen LogP contribution in [-0.2, 0) is 25.8 Å². The molecule has 0 radical (unpaired) electrons. The Morgan fingerprint density at radius 2 is 1.59 bits per heavy atom. The molecule has 11 heteroatoms. The summed E-state index contributed by atoms with van der Waals surface area (Å²) in [5.41, 5.74) is 1.70. The Bertz CT molecular complexity index is 2060. The Hall–Kier alpha value is -5.06. The molecule has 0 spiro atoms. The van der Waals surface area contributed by atoms with Gasteiger partial charge in [0.1, 0.15) is 23.9 Å². The zero-order chi connectivity index (χ0) is 34.2. The van der Waals surface area contributed by atoms with E-state index in [4.69, 9.17) is 16.0 Å². The van der Waals surface area contributed by atoms with E-state index < -0.39 is 52.6 Å². The molecule has 3 aromatic carbocycles. The number of furan rings is 1. The first-order valence-electron chi connectivity index (χ1n) is 16.1. The first-order chi connectivity index (χ1) is 23.6. The van der Waals surface area contributed by atoms with E-state index in [1.54, 1.807) is 31.2 Å². The lowest BCUT2D eigenvalue weighted by atomic mass is 9.52. The molecular formula is C38H31ClFN3O6. The molecular weight excluding hydrogens is 649 g/mol. The number of amides is 4. The third-order valence-electron chi connectivity index (χ3n) is 10.7. The number of para-hydroxylation sites is 1. The van der Waals surface area contributed by atoms with Gasteiger partial charge in [-0.25, -0.2) is 9.29 Å². The van der Waals surface area contributed by atoms with Crippen LogP contribution in [0.1, 0.15) is 37.2 Å². The Kier molecular flexibility index (Phi) is 7.35. The largest absolute Gasteiger partial charge is 0.463 e. The SMILES string of the molecule is CC12C(=O)N(c3ccc(F)c(Cl)c3)C(=O)C1CC1C(=CCC3C(=O)N(c4ccc(Nc5ccccc5)cc4)C(=O)C31)C2c1ccc(CO)o1. The molecule has 2 aliphatic heterocycles. The molecule has 6 unspecified atom stereocenters. The van der Waals surface area contributed by atoms with Crippen LogP contribution in [0.15, 0.2) is 101 Å². The van der Waals surface area contributed by atoms with Crippen LogP contribution in [0.25, 0.3) is 0 Å². The predicted molar refractivity (Wildman–Crippen MR) is 179 cm³/mol. The van der Waals surface area contributed by atoms with Crippen molar-refractivity contribution in [3.8, 4) is 0 Å². The van der Waals surface area contributed by atoms with Crippen LogP contribution in [0, 0.1) is 34.9 Å². The molecule has 9 nitrogen and oxygen atoms in total. The molecule has 0 bridgehead atoms. The van der Waals surface area contributed by atoms with Crippen molar-refractivity contribution in [3.05, 3.63) is 119 Å². The van der Waals surface area contributed by atoms with Crippen molar-refractivity contribution in [2.24, 2.45) is 29.1 Å². The number of imide groups is 2. The molecule has 4 aromatic rings. The van der Waals surface area contributed by atoms with Gasteiger partial charge in [-0.15, -0.1) is 0 Å². The van der Waals surface area contributed by atoms with Crippen molar-refractivity contribution >= 4 is 58.0 Å². The molecule has 1 aromatic heterocycles. The highest BCUT2D eigenvalue weighted by molar-refractivity contribution is 6.32. The molecule has 3 fully saturated rings. The van der Waals surface area contributed by atoms with E-state index in [9.17, 15) is 28.7 Å². The number of carbonyl (C=O) groups excluding carboxylic acids is 4. The summed E-state index contributed by atoms with van der Waals surface area (Å²) in [6.07, 6.45) is 2.35. The third kappa shape index (κ3) is 4.69. The van der Waals surface area contributed by atoms with Crippen molar-refractivity contribution in [3.63, 3.8) is 0 Å². The molecule has 2 aliphatic carbocycles. The number of benzene rings is 3. The molecule has 2 saturated heterocycles. The van der Waals surface area contributed by atoms with E-state index in [0.717, 1.165) is 27.9 Å². The second-order valence-electron chi connectivity index (χ2n) is 13.3. The van der Waals surface area contributed by atoms with Gasteiger partial charge in [0.05, 0.1) is 45.5 Å². The summed E-state index contributed by atoms with van der Waals surface area (Å²) in [4.78, 5) is 59.3. The van der Waals surface area contributed by atoms with Gasteiger partial charge in [-0.3, -0.25) is 24.1 Å². The number of nitrogens with zero attached hydrogens (tertiary/aromatic N) is 2. The van der Waals surface area contributed by atoms with Gasteiger partial charge >= 0.3 is 0 Å². The van der Waals surface area contributed by atoms with E-state index in [1.165, 1.54) is 17.0 Å². The fourth-order valence-electron chi connectivity index (χ4n) is 8.46. The summed E-state index contributed by atoms with van der Waals surface area (Å²) >= 11 is 6.07. The number of aliphatic hydroxyl groups excluding tert-OH is 1. The van der Waals surface area contributed by atoms with Crippen molar-refractivity contribution in [2.45, 2.75) is 32.3 Å². The highest BCUT2D eigenvalue weighted by Crippen LogP contribution is 2.64. The van der Waals surface area contributed by atoms with Crippen molar-refractivity contribution in [1.82, 2.24) is 0 Å². The van der Waals surface area contributed by atoms with Gasteiger partial charge < -0.3 is 14.8 Å². The first-order valence-corrected chi connectivity index (χ1v) is 16.5. The maximum Gasteiger partial charge on any atom is 0.241 e. The Labute approximate surface area is 286 Å². The molecule has 4 amide bonds. The third-order valence-corrected chi connectivity index (χ3v) is 11.0. The minimum absolute atomic E-state index is 0.143. The molecule has 3 heterocycles. The summed E-state index contributed by atoms with van der Waals surface area (Å²) in [5, 5.41) is 12.9. The maximum atomic E-state index is 14.4. The Morgan fingerprint density at radius 3 is 2.29 bits per heavy atom. The minimum atomic E-state index is -1.34. The second-order valence-corrected chi connectivity index (χ2v) is 13.7. The quantitative estimate of drug-likeness (QED) is 0.171. The van der Waals surface area contributed by atoms with Crippen LogP contribution in [0.5, 0.6) is 0 Å². The summed E-state index contributed by atoms with van der Waals surface area (Å²) in [6.45, 7) is 1.35. The van der Waals surface area contributed by atoms with Gasteiger partial charge in [-0.05, 0) is 92.4 Å². The molecule has 6 atom stereocenters. The van der Waals surface area contributed by atoms with Crippen LogP contribution in [0.3, 0.4) is 0 Å². The van der Waals surface area contributed by atoms with E-state index in [1.807, 2.05) is 48.5 Å². The van der Waals surface area contributed by atoms with Gasteiger partial charge in [0.2, 0.25) is 23.6 Å². The molecule has 248 valence electrons. The molecule has 49 heavy (non-hydrogen) atoms. The van der Waals surface area contributed by atoms with Crippen LogP contribution in [0.4, 0.5) is 27.1 Å². The van der Waals surface area contributed by atoms with Crippen LogP contribution in [-0.4, -0.2) is 28.7 Å². The molecule has 4 aliphatic rings. The Morgan fingerprint density at radius 1 is 0.878 bits per heavy atom. The van der Waals surface area contributed by atoms with Crippen molar-refractivity contribution in [2.75, 3.05) is 15.1 Å². The van der Waals surface area contributed by atoms with Gasteiger partial charge in [-0.1, -0.05) is 41.4 Å². The van der Waals surface area contributed by atoms with E-state index in [-0.39, 0.29) is 47.7 Å². The maximum absolute atomic E-state index is 14.4. The monoisotopic (exact) mass is 679 g/mol. The number of halogens is 2. The number of hydrogen-bond acceptors (Lipinski definition) is 7. The van der Waals surface area contributed by atoms with E-state index in [2.05, 4.69) is 5.32 Å². The lowest BCUT2D eigenvalue weighted by molar-refractivity contribution is -0.131. The number of anilines is 4. The highest BCUT2D eigenvalue weighted by Gasteiger charge is 2.68. The summed E-state index contributed by atoms with van der Waals surface area (Å²) in [6, 6.07) is 23.7. The number of aliphatic hydroxyl groups is 1. The summed E-state index contributed by atoms with van der Waals surface area (Å²) in [7, 11) is 0. The van der Waals surface area contributed by atoms with Crippen molar-refractivity contribution < 1.29 is 33.1 Å². The lowest BCUT2D eigenvalue weighted by Crippen LogP contribution is -2.48. The minimum Gasteiger partial charge on any atom is -0.463 e. The standard InChI is InChI=1S/C38H31ClFN3O6/c1-38-28(35(46)43(37(38)48)23-11-15-30(40)29(39)17-23)18-27-25(33(38)31-16-12-24(19-44)49-31)13-14-26-32(27)36(47)42(34(26)45)22-9-7-21(8-10-22)41-20-5-3-2-4-6-20/h2-13,15-17,26-28,32-33,41,44H,14,18-19H2,1H3. The number of fused-ring (bicyclic) bond motifs is 4. The fraction of sp³-hybridized carbons (Fsp3) is 0.263. The normalized spacial score (nSPS) is 27.6. The van der Waals surface area contributed by atoms with Gasteiger partial charge in [0.15, 0.2) is 0 Å². The number of carbonyl (C=O) groups is 4. The van der Waals surface area contributed by atoms with Gasteiger partial charge in [-0.2, -0.15) is 0 Å². The van der Waals surface area contributed by atoms with Crippen LogP contribution >= 0.6 is 11.6 Å². The number of allylic oxidation sites excluding steroid dienone is 2. The average molecular weight is 680 g/mol. The number of rotatable bonds is 6. The molecule has 1 saturated carbocycles. The average Bonchev–Trinajstić information content (AvgIpc) is 3.73. The molecule has 2 N–H and O–H groups in total. The first kappa shape index (κ1) is 31.2. The number of nitrogens with one attached hydrogen (secondary N) is 1. The van der Waals surface area contributed by atoms with Gasteiger partial charge in [0, 0.05) is 11.4 Å². The second kappa shape index (κ2) is 11.5. The fourth-order valence-corrected chi connectivity index (χ4v) is 8.63.